The maximum atomic E-state index is 7.00. The van der Waals surface area contributed by atoms with Crippen LogP contribution in [0.2, 0.25) is 0 Å². The monoisotopic (exact) mass is 252 g/mol. The number of hydrogen-bond acceptors (Lipinski definition) is 4. The molecule has 4 heteroatoms. The van der Waals surface area contributed by atoms with Crippen LogP contribution in [0.5, 0.6) is 0 Å². The van der Waals surface area contributed by atoms with Gasteiger partial charge in [0.25, 0.3) is 0 Å². The Labute approximate surface area is 102 Å². The minimum Gasteiger partial charge on any atom is -0.400 e. The predicted octanol–water partition coefficient (Wildman–Crippen LogP) is 3.45. The van der Waals surface area contributed by atoms with Crippen LogP contribution in [0.25, 0.3) is 0 Å². The summed E-state index contributed by atoms with van der Waals surface area (Å²) in [5, 5.41) is 16.1. The van der Waals surface area contributed by atoms with Gasteiger partial charge in [0.05, 0.1) is 0 Å². The highest BCUT2D eigenvalue weighted by Crippen LogP contribution is 2.27. The van der Waals surface area contributed by atoms with Crippen molar-refractivity contribution in [2.45, 2.75) is 38.5 Å². The highest BCUT2D eigenvalue weighted by atomic mass is 33.1. The van der Waals surface area contributed by atoms with Crippen LogP contribution in [0.15, 0.2) is 11.5 Å². The predicted molar refractivity (Wildman–Crippen MR) is 73.2 cm³/mol. The lowest BCUT2D eigenvalue weighted by atomic mass is 10.0. The van der Waals surface area contributed by atoms with E-state index >= 15 is 0 Å². The number of hydrogen-bond donors (Lipinski definition) is 2. The Balaban J connectivity index is 0. The van der Waals surface area contributed by atoms with E-state index in [4.69, 9.17) is 10.2 Å². The van der Waals surface area contributed by atoms with Crippen LogP contribution in [0.4, 0.5) is 0 Å². The summed E-state index contributed by atoms with van der Waals surface area (Å²) >= 11 is 0. The fourth-order valence-electron chi connectivity index (χ4n) is 1.26. The lowest BCUT2D eigenvalue weighted by Gasteiger charge is -2.05. The summed E-state index contributed by atoms with van der Waals surface area (Å²) in [5.41, 5.74) is 0. The Hall–Kier alpha value is 0.360. The average Bonchev–Trinajstić information content (AvgIpc) is 2.95. The van der Waals surface area contributed by atoms with Crippen LogP contribution in [0.3, 0.4) is 0 Å². The summed E-state index contributed by atoms with van der Waals surface area (Å²) in [6, 6.07) is 0. The molecule has 1 aliphatic carbocycles. The van der Waals surface area contributed by atoms with Gasteiger partial charge in [-0.15, -0.1) is 0 Å². The van der Waals surface area contributed by atoms with Crippen LogP contribution < -0.4 is 0 Å². The van der Waals surface area contributed by atoms with Crippen molar-refractivity contribution < 1.29 is 10.2 Å². The normalized spacial score (nSPS) is 17.3. The van der Waals surface area contributed by atoms with E-state index in [1.54, 1.807) is 0 Å². The molecule has 92 valence electrons. The van der Waals surface area contributed by atoms with Crippen molar-refractivity contribution in [3.63, 3.8) is 0 Å². The molecule has 2 aliphatic rings. The zero-order chi connectivity index (χ0) is 11.8. The van der Waals surface area contributed by atoms with Crippen LogP contribution in [0.1, 0.15) is 38.5 Å². The molecule has 2 N–H and O–H groups in total. The topological polar surface area (TPSA) is 40.5 Å². The maximum Gasteiger partial charge on any atom is 0.0319 e. The third kappa shape index (κ3) is 17.0. The van der Waals surface area contributed by atoms with Gasteiger partial charge in [-0.1, -0.05) is 66.2 Å². The highest BCUT2D eigenvalue weighted by Gasteiger charge is 1.95. The van der Waals surface area contributed by atoms with E-state index < -0.39 is 0 Å². The standard InChI is InChI=1S/C6H12.C3H4S2.2CH4O/c1-2-4-6-5-3-1;1-2-4-5-3-1;2*1-2/h1-6H2;1-2H,3H2;2*2H,1H3. The molecule has 1 fully saturated rings. The number of rotatable bonds is 0. The minimum absolute atomic E-state index is 1.00. The van der Waals surface area contributed by atoms with Gasteiger partial charge < -0.3 is 10.2 Å². The molecule has 0 aromatic carbocycles. The van der Waals surface area contributed by atoms with Gasteiger partial charge in [-0.3, -0.25) is 0 Å². The fraction of sp³-hybridized carbons (Fsp3) is 0.818. The van der Waals surface area contributed by atoms with E-state index in [1.165, 1.54) is 44.3 Å². The van der Waals surface area contributed by atoms with E-state index in [2.05, 4.69) is 11.5 Å². The molecule has 0 saturated heterocycles. The van der Waals surface area contributed by atoms with E-state index in [9.17, 15) is 0 Å². The molecule has 2 nitrogen and oxygen atoms in total. The molecular weight excluding hydrogens is 228 g/mol. The molecule has 0 atom stereocenters. The first kappa shape index (κ1) is 17.7. The molecule has 0 bridgehead atoms. The van der Waals surface area contributed by atoms with Crippen LogP contribution in [-0.2, 0) is 0 Å². The smallest absolute Gasteiger partial charge is 0.0319 e. The van der Waals surface area contributed by atoms with Crippen LogP contribution in [-0.4, -0.2) is 30.2 Å². The Morgan fingerprint density at radius 2 is 1.20 bits per heavy atom. The molecule has 0 unspecified atom stereocenters. The molecule has 0 amide bonds. The van der Waals surface area contributed by atoms with Gasteiger partial charge in [0, 0.05) is 20.0 Å². The van der Waals surface area contributed by atoms with Crippen molar-refractivity contribution in [2.75, 3.05) is 20.0 Å². The second kappa shape index (κ2) is 19.9. The van der Waals surface area contributed by atoms with Gasteiger partial charge >= 0.3 is 0 Å². The van der Waals surface area contributed by atoms with Gasteiger partial charge in [-0.05, 0) is 5.41 Å². The lowest BCUT2D eigenvalue weighted by Crippen LogP contribution is -1.85. The van der Waals surface area contributed by atoms with Crippen molar-refractivity contribution in [2.24, 2.45) is 0 Å². The quantitative estimate of drug-likeness (QED) is 0.648. The third-order valence-corrected chi connectivity index (χ3v) is 3.80. The molecule has 1 aliphatic heterocycles. The maximum absolute atomic E-state index is 7.00. The summed E-state index contributed by atoms with van der Waals surface area (Å²) in [7, 11) is 5.69. The van der Waals surface area contributed by atoms with Crippen LogP contribution >= 0.6 is 21.6 Å². The third-order valence-electron chi connectivity index (χ3n) is 1.88. The van der Waals surface area contributed by atoms with Gasteiger partial charge in [-0.2, -0.15) is 0 Å². The Morgan fingerprint density at radius 1 is 0.800 bits per heavy atom. The lowest BCUT2D eigenvalue weighted by molar-refractivity contribution is 0.399. The summed E-state index contributed by atoms with van der Waals surface area (Å²) < 4.78 is 0. The van der Waals surface area contributed by atoms with Gasteiger partial charge in [-0.25, -0.2) is 0 Å². The molecule has 15 heavy (non-hydrogen) atoms. The first-order chi connectivity index (χ1) is 7.50. The zero-order valence-corrected chi connectivity index (χ0v) is 11.4. The van der Waals surface area contributed by atoms with Crippen LogP contribution in [0, 0.1) is 0 Å². The summed E-state index contributed by atoms with van der Waals surface area (Å²) in [5.74, 6) is 1.20. The van der Waals surface area contributed by atoms with E-state index in [0.717, 1.165) is 14.2 Å². The van der Waals surface area contributed by atoms with E-state index in [0.29, 0.717) is 0 Å². The Morgan fingerprint density at radius 3 is 1.33 bits per heavy atom. The molecule has 0 spiro atoms. The molecule has 0 aromatic rings. The van der Waals surface area contributed by atoms with Crippen molar-refractivity contribution in [1.29, 1.82) is 0 Å². The average molecular weight is 252 g/mol. The fourth-order valence-corrected chi connectivity index (χ4v) is 2.83. The van der Waals surface area contributed by atoms with Gasteiger partial charge in [0.1, 0.15) is 0 Å². The Bertz CT molecular complexity index is 97.6. The second-order valence-electron chi connectivity index (χ2n) is 2.87. The molecule has 2 rings (SSSR count). The summed E-state index contributed by atoms with van der Waals surface area (Å²) in [4.78, 5) is 0. The number of aliphatic hydroxyl groups is 2. The first-order valence-electron chi connectivity index (χ1n) is 5.33. The van der Waals surface area contributed by atoms with Crippen molar-refractivity contribution in [3.8, 4) is 0 Å². The van der Waals surface area contributed by atoms with E-state index in [-0.39, 0.29) is 0 Å². The molecule has 1 saturated carbocycles. The summed E-state index contributed by atoms with van der Waals surface area (Å²) in [6.07, 6.45) is 11.2. The SMILES string of the molecule is C1=CSSC1.C1CCCCC1.CO.CO. The second-order valence-corrected chi connectivity index (χ2v) is 5.19. The molecular formula is C11H24O2S2. The van der Waals surface area contributed by atoms with Crippen molar-refractivity contribution in [3.05, 3.63) is 11.5 Å². The van der Waals surface area contributed by atoms with Gasteiger partial charge in [0.2, 0.25) is 0 Å². The van der Waals surface area contributed by atoms with Crippen molar-refractivity contribution >= 4 is 21.6 Å². The van der Waals surface area contributed by atoms with E-state index in [1.807, 2.05) is 21.6 Å². The zero-order valence-electron chi connectivity index (χ0n) is 9.82. The molecule has 0 radical (unpaired) electrons. The van der Waals surface area contributed by atoms with Gasteiger partial charge in [0.15, 0.2) is 0 Å². The molecule has 0 aromatic heterocycles. The largest absolute Gasteiger partial charge is 0.400 e. The first-order valence-corrected chi connectivity index (χ1v) is 7.71. The van der Waals surface area contributed by atoms with Crippen molar-refractivity contribution in [1.82, 2.24) is 0 Å². The summed E-state index contributed by atoms with van der Waals surface area (Å²) in [6.45, 7) is 0. The number of aliphatic hydroxyl groups excluding tert-OH is 2. The Kier molecular flexibility index (Phi) is 23.5. The minimum atomic E-state index is 1.00. The molecule has 1 heterocycles. The highest BCUT2D eigenvalue weighted by molar-refractivity contribution is 8.78.